The molecule has 0 spiro atoms. The molecule has 0 aliphatic heterocycles. The van der Waals surface area contributed by atoms with Gasteiger partial charge < -0.3 is 15.1 Å². The number of hydrogen-bond acceptors (Lipinski definition) is 3. The Hall–Kier alpha value is -1.75. The fourth-order valence-electron chi connectivity index (χ4n) is 1.60. The molecule has 100 valence electrons. The van der Waals surface area contributed by atoms with Gasteiger partial charge in [0.25, 0.3) is 0 Å². The fraction of sp³-hybridized carbons (Fsp3) is 0.214. The Labute approximate surface area is 120 Å². The van der Waals surface area contributed by atoms with Gasteiger partial charge in [0.15, 0.2) is 0 Å². The molecule has 19 heavy (non-hydrogen) atoms. The van der Waals surface area contributed by atoms with Crippen LogP contribution in [-0.4, -0.2) is 12.5 Å². The second kappa shape index (κ2) is 6.99. The van der Waals surface area contributed by atoms with Crippen LogP contribution in [0.3, 0.4) is 0 Å². The number of nitrogens with one attached hydrogen (secondary N) is 2. The van der Waals surface area contributed by atoms with E-state index in [9.17, 15) is 4.79 Å². The summed E-state index contributed by atoms with van der Waals surface area (Å²) < 4.78 is 6.13. The third-order valence-corrected chi connectivity index (χ3v) is 3.27. The van der Waals surface area contributed by atoms with Gasteiger partial charge in [-0.1, -0.05) is 12.1 Å². The highest BCUT2D eigenvalue weighted by atomic mass is 79.9. The Morgan fingerprint density at radius 3 is 2.79 bits per heavy atom. The van der Waals surface area contributed by atoms with Crippen molar-refractivity contribution in [3.8, 4) is 0 Å². The second-order valence-corrected chi connectivity index (χ2v) is 4.87. The van der Waals surface area contributed by atoms with Gasteiger partial charge in [-0.05, 0) is 40.2 Å². The van der Waals surface area contributed by atoms with Crippen LogP contribution in [0.25, 0.3) is 0 Å². The molecule has 0 atom stereocenters. The summed E-state index contributed by atoms with van der Waals surface area (Å²) in [5.41, 5.74) is 0.987. The molecule has 2 rings (SSSR count). The van der Waals surface area contributed by atoms with Gasteiger partial charge in [-0.15, -0.1) is 0 Å². The Balaban J connectivity index is 1.68. The zero-order chi connectivity index (χ0) is 13.5. The number of anilines is 1. The predicted octanol–water partition coefficient (Wildman–Crippen LogP) is 3.16. The van der Waals surface area contributed by atoms with Gasteiger partial charge in [0.2, 0.25) is 5.91 Å². The van der Waals surface area contributed by atoms with E-state index < -0.39 is 0 Å². The van der Waals surface area contributed by atoms with Crippen LogP contribution in [0.4, 0.5) is 5.69 Å². The molecular formula is C14H15BrN2O2. The molecule has 4 nitrogen and oxygen atoms in total. The van der Waals surface area contributed by atoms with Gasteiger partial charge in [-0.25, -0.2) is 0 Å². The molecule has 0 saturated heterocycles. The number of para-hydroxylation sites is 1. The minimum atomic E-state index is -0.00375. The Morgan fingerprint density at radius 2 is 2.05 bits per heavy atom. The lowest BCUT2D eigenvalue weighted by Crippen LogP contribution is -2.24. The minimum Gasteiger partial charge on any atom is -0.467 e. The van der Waals surface area contributed by atoms with Crippen molar-refractivity contribution in [3.05, 3.63) is 52.9 Å². The molecule has 0 aliphatic rings. The molecule has 0 saturated carbocycles. The van der Waals surface area contributed by atoms with Crippen molar-refractivity contribution < 1.29 is 9.21 Å². The smallest absolute Gasteiger partial charge is 0.222 e. The predicted molar refractivity (Wildman–Crippen MR) is 77.8 cm³/mol. The topological polar surface area (TPSA) is 54.3 Å². The van der Waals surface area contributed by atoms with Crippen molar-refractivity contribution in [2.24, 2.45) is 0 Å². The van der Waals surface area contributed by atoms with Crippen molar-refractivity contribution >= 4 is 27.5 Å². The molecule has 5 heteroatoms. The molecule has 0 radical (unpaired) electrons. The lowest BCUT2D eigenvalue weighted by atomic mass is 10.3. The first-order chi connectivity index (χ1) is 9.25. The normalized spacial score (nSPS) is 10.2. The number of amides is 1. The maximum atomic E-state index is 11.6. The van der Waals surface area contributed by atoms with E-state index in [1.54, 1.807) is 12.3 Å². The number of rotatable bonds is 6. The van der Waals surface area contributed by atoms with Crippen LogP contribution < -0.4 is 10.6 Å². The molecule has 2 N–H and O–H groups in total. The van der Waals surface area contributed by atoms with E-state index in [0.717, 1.165) is 15.9 Å². The van der Waals surface area contributed by atoms with Crippen molar-refractivity contribution in [2.45, 2.75) is 13.0 Å². The van der Waals surface area contributed by atoms with Crippen LogP contribution >= 0.6 is 15.9 Å². The van der Waals surface area contributed by atoms with E-state index in [1.165, 1.54) is 0 Å². The molecular weight excluding hydrogens is 308 g/mol. The fourth-order valence-corrected chi connectivity index (χ4v) is 2.03. The molecule has 1 heterocycles. The zero-order valence-corrected chi connectivity index (χ0v) is 11.9. The summed E-state index contributed by atoms with van der Waals surface area (Å²) in [5.74, 6) is 0.753. The number of carbonyl (C=O) groups excluding carboxylic acids is 1. The molecule has 0 bridgehead atoms. The quantitative estimate of drug-likeness (QED) is 0.859. The van der Waals surface area contributed by atoms with E-state index >= 15 is 0 Å². The van der Waals surface area contributed by atoms with Crippen LogP contribution in [0.2, 0.25) is 0 Å². The summed E-state index contributed by atoms with van der Waals surface area (Å²) in [6, 6.07) is 11.5. The molecule has 1 amide bonds. The minimum absolute atomic E-state index is 0.00375. The average Bonchev–Trinajstić information content (AvgIpc) is 2.92. The number of carbonyl (C=O) groups is 1. The standard InChI is InChI=1S/C14H15BrN2O2/c15-12-5-1-2-6-13(12)16-8-7-14(18)17-10-11-4-3-9-19-11/h1-6,9,16H,7-8,10H2,(H,17,18). The van der Waals surface area contributed by atoms with Gasteiger partial charge >= 0.3 is 0 Å². The van der Waals surface area contributed by atoms with E-state index in [2.05, 4.69) is 26.6 Å². The molecule has 0 unspecified atom stereocenters. The van der Waals surface area contributed by atoms with Gasteiger partial charge in [-0.2, -0.15) is 0 Å². The maximum Gasteiger partial charge on any atom is 0.222 e. The summed E-state index contributed by atoms with van der Waals surface area (Å²) in [5, 5.41) is 6.01. The third-order valence-electron chi connectivity index (χ3n) is 2.58. The van der Waals surface area contributed by atoms with Crippen molar-refractivity contribution in [3.63, 3.8) is 0 Å². The largest absolute Gasteiger partial charge is 0.467 e. The van der Waals surface area contributed by atoms with Crippen LogP contribution in [0.1, 0.15) is 12.2 Å². The highest BCUT2D eigenvalue weighted by Crippen LogP contribution is 2.20. The first kappa shape index (κ1) is 13.7. The lowest BCUT2D eigenvalue weighted by Gasteiger charge is -2.08. The first-order valence-corrected chi connectivity index (χ1v) is 6.82. The molecule has 2 aromatic rings. The van der Waals surface area contributed by atoms with E-state index in [-0.39, 0.29) is 5.91 Å². The Kier molecular flexibility index (Phi) is 5.03. The van der Waals surface area contributed by atoms with Crippen LogP contribution in [0.15, 0.2) is 51.6 Å². The Bertz CT molecular complexity index is 526. The highest BCUT2D eigenvalue weighted by molar-refractivity contribution is 9.10. The van der Waals surface area contributed by atoms with Crippen LogP contribution in [0.5, 0.6) is 0 Å². The van der Waals surface area contributed by atoms with E-state index in [4.69, 9.17) is 4.42 Å². The SMILES string of the molecule is O=C(CCNc1ccccc1Br)NCc1ccco1. The lowest BCUT2D eigenvalue weighted by molar-refractivity contribution is -0.121. The molecule has 1 aromatic heterocycles. The number of benzene rings is 1. The van der Waals surface area contributed by atoms with Crippen LogP contribution in [-0.2, 0) is 11.3 Å². The third kappa shape index (κ3) is 4.44. The van der Waals surface area contributed by atoms with Crippen LogP contribution in [0, 0.1) is 0 Å². The Morgan fingerprint density at radius 1 is 1.21 bits per heavy atom. The number of furan rings is 1. The summed E-state index contributed by atoms with van der Waals surface area (Å²) in [4.78, 5) is 11.6. The number of halogens is 1. The molecule has 1 aromatic carbocycles. The van der Waals surface area contributed by atoms with Gasteiger partial charge in [0.05, 0.1) is 12.8 Å². The summed E-state index contributed by atoms with van der Waals surface area (Å²) in [7, 11) is 0. The number of hydrogen-bond donors (Lipinski definition) is 2. The summed E-state index contributed by atoms with van der Waals surface area (Å²) in [6.45, 7) is 1.02. The average molecular weight is 323 g/mol. The van der Waals surface area contributed by atoms with Gasteiger partial charge in [-0.3, -0.25) is 4.79 Å². The van der Waals surface area contributed by atoms with Crippen molar-refractivity contribution in [1.29, 1.82) is 0 Å². The van der Waals surface area contributed by atoms with Crippen molar-refractivity contribution in [2.75, 3.05) is 11.9 Å². The summed E-state index contributed by atoms with van der Waals surface area (Å²) in [6.07, 6.45) is 2.01. The monoisotopic (exact) mass is 322 g/mol. The van der Waals surface area contributed by atoms with Gasteiger partial charge in [0, 0.05) is 23.1 Å². The summed E-state index contributed by atoms with van der Waals surface area (Å²) >= 11 is 3.44. The first-order valence-electron chi connectivity index (χ1n) is 6.03. The van der Waals surface area contributed by atoms with Crippen molar-refractivity contribution in [1.82, 2.24) is 5.32 Å². The van der Waals surface area contributed by atoms with Gasteiger partial charge in [0.1, 0.15) is 5.76 Å². The second-order valence-electron chi connectivity index (χ2n) is 4.01. The maximum absolute atomic E-state index is 11.6. The van der Waals surface area contributed by atoms with E-state index in [1.807, 2.05) is 30.3 Å². The molecule has 0 aliphatic carbocycles. The van der Waals surface area contributed by atoms with E-state index in [0.29, 0.717) is 19.5 Å². The highest BCUT2D eigenvalue weighted by Gasteiger charge is 2.03. The molecule has 0 fully saturated rings. The zero-order valence-electron chi connectivity index (χ0n) is 10.4.